The quantitative estimate of drug-likeness (QED) is 0.561. The Morgan fingerprint density at radius 2 is 2.08 bits per heavy atom. The molecule has 68 valence electrons. The third kappa shape index (κ3) is 1.35. The number of esters is 1. The van der Waals surface area contributed by atoms with Gasteiger partial charge in [0.1, 0.15) is 6.10 Å². The Labute approximate surface area is 73.3 Å². The number of hydrogen-bond donors (Lipinski definition) is 0. The lowest BCUT2D eigenvalue weighted by atomic mass is 9.64. The van der Waals surface area contributed by atoms with E-state index in [9.17, 15) is 4.79 Å². The molecule has 2 heteroatoms. The highest BCUT2D eigenvalue weighted by atomic mass is 16.5. The average Bonchev–Trinajstić information content (AvgIpc) is 1.91. The number of hydrogen-bond acceptors (Lipinski definition) is 2. The zero-order valence-electron chi connectivity index (χ0n) is 7.58. The number of carbonyl (C=O) groups excluding carboxylic acids is 1. The molecule has 2 aliphatic rings. The minimum Gasteiger partial charge on any atom is -0.462 e. The van der Waals surface area contributed by atoms with E-state index in [1.165, 1.54) is 32.6 Å². The Morgan fingerprint density at radius 1 is 1.25 bits per heavy atom. The third-order valence-corrected chi connectivity index (χ3v) is 3.33. The molecule has 12 heavy (non-hydrogen) atoms. The van der Waals surface area contributed by atoms with Crippen LogP contribution in [0.2, 0.25) is 0 Å². The van der Waals surface area contributed by atoms with Gasteiger partial charge in [0.25, 0.3) is 0 Å². The van der Waals surface area contributed by atoms with E-state index in [-0.39, 0.29) is 12.1 Å². The first-order valence-electron chi connectivity index (χ1n) is 4.94. The van der Waals surface area contributed by atoms with Gasteiger partial charge in [-0.3, -0.25) is 4.79 Å². The molecule has 2 fully saturated rings. The van der Waals surface area contributed by atoms with E-state index in [0.29, 0.717) is 5.92 Å². The van der Waals surface area contributed by atoms with E-state index in [1.807, 2.05) is 0 Å². The van der Waals surface area contributed by atoms with Gasteiger partial charge >= 0.3 is 5.97 Å². The molecular weight excluding hydrogens is 152 g/mol. The van der Waals surface area contributed by atoms with Gasteiger partial charge in [-0.2, -0.15) is 0 Å². The van der Waals surface area contributed by atoms with Crippen molar-refractivity contribution in [1.29, 1.82) is 0 Å². The van der Waals surface area contributed by atoms with Crippen LogP contribution < -0.4 is 0 Å². The maximum absolute atomic E-state index is 10.8. The first-order valence-corrected chi connectivity index (χ1v) is 4.94. The molecule has 0 aromatic heterocycles. The molecular formula is C10H16O2. The van der Waals surface area contributed by atoms with E-state index < -0.39 is 0 Å². The summed E-state index contributed by atoms with van der Waals surface area (Å²) in [7, 11) is 0. The summed E-state index contributed by atoms with van der Waals surface area (Å²) in [5.41, 5.74) is 0. The van der Waals surface area contributed by atoms with Gasteiger partial charge in [-0.25, -0.2) is 0 Å². The van der Waals surface area contributed by atoms with Crippen LogP contribution in [0, 0.1) is 11.8 Å². The van der Waals surface area contributed by atoms with E-state index >= 15 is 0 Å². The minimum atomic E-state index is -0.104. The fourth-order valence-electron chi connectivity index (χ4n) is 2.60. The van der Waals surface area contributed by atoms with E-state index in [1.54, 1.807) is 0 Å². The molecule has 0 unspecified atom stereocenters. The van der Waals surface area contributed by atoms with E-state index in [4.69, 9.17) is 4.74 Å². The maximum Gasteiger partial charge on any atom is 0.302 e. The van der Waals surface area contributed by atoms with Gasteiger partial charge in [0.15, 0.2) is 0 Å². The lowest BCUT2D eigenvalue weighted by molar-refractivity contribution is -0.156. The Hall–Kier alpha value is -0.530. The summed E-state index contributed by atoms with van der Waals surface area (Å²) in [6.07, 6.45) is 6.61. The smallest absolute Gasteiger partial charge is 0.302 e. The second-order valence-corrected chi connectivity index (χ2v) is 4.08. The lowest BCUT2D eigenvalue weighted by Crippen LogP contribution is -2.41. The van der Waals surface area contributed by atoms with Gasteiger partial charge in [-0.05, 0) is 43.9 Å². The molecule has 2 saturated carbocycles. The molecule has 2 aliphatic carbocycles. The second kappa shape index (κ2) is 3.08. The summed E-state index contributed by atoms with van der Waals surface area (Å²) in [5, 5.41) is 0. The first kappa shape index (κ1) is 8.09. The standard InChI is InChI=1S/C10H16O2/c1-7(11)12-10-4-2-3-8-5-6-9(8)10/h8-10H,2-6H2,1H3/t8-,9+,10+/m1/s1. The van der Waals surface area contributed by atoms with Crippen molar-refractivity contribution in [2.24, 2.45) is 11.8 Å². The van der Waals surface area contributed by atoms with E-state index in [2.05, 4.69) is 0 Å². The van der Waals surface area contributed by atoms with Crippen LogP contribution >= 0.6 is 0 Å². The summed E-state index contributed by atoms with van der Waals surface area (Å²) in [6.45, 7) is 1.52. The molecule has 0 bridgehead atoms. The number of ether oxygens (including phenoxy) is 1. The van der Waals surface area contributed by atoms with Crippen LogP contribution in [0.3, 0.4) is 0 Å². The predicted molar refractivity (Wildman–Crippen MR) is 45.6 cm³/mol. The summed E-state index contributed by atoms with van der Waals surface area (Å²) in [6, 6.07) is 0. The van der Waals surface area contributed by atoms with Gasteiger partial charge in [-0.15, -0.1) is 0 Å². The van der Waals surface area contributed by atoms with E-state index in [0.717, 1.165) is 12.3 Å². The van der Waals surface area contributed by atoms with Gasteiger partial charge in [0.05, 0.1) is 0 Å². The Kier molecular flexibility index (Phi) is 2.07. The van der Waals surface area contributed by atoms with Crippen molar-refractivity contribution in [3.63, 3.8) is 0 Å². The van der Waals surface area contributed by atoms with Gasteiger partial charge in [-0.1, -0.05) is 0 Å². The highest BCUT2D eigenvalue weighted by Gasteiger charge is 2.40. The van der Waals surface area contributed by atoms with Crippen LogP contribution in [0.25, 0.3) is 0 Å². The Morgan fingerprint density at radius 3 is 2.67 bits per heavy atom. The fourth-order valence-corrected chi connectivity index (χ4v) is 2.60. The van der Waals surface area contributed by atoms with Crippen molar-refractivity contribution in [1.82, 2.24) is 0 Å². The SMILES string of the molecule is CC(=O)O[C@H]1CCC[C@@H]2CC[C@@H]21. The molecule has 3 atom stereocenters. The van der Waals surface area contributed by atoms with Gasteiger partial charge in [0.2, 0.25) is 0 Å². The molecule has 2 rings (SSSR count). The summed E-state index contributed by atoms with van der Waals surface area (Å²) in [4.78, 5) is 10.8. The molecule has 2 nitrogen and oxygen atoms in total. The molecule has 0 heterocycles. The molecule has 0 aromatic carbocycles. The Bertz CT molecular complexity index is 188. The molecule has 0 aromatic rings. The third-order valence-electron chi connectivity index (χ3n) is 3.33. The van der Waals surface area contributed by atoms with Gasteiger partial charge < -0.3 is 4.74 Å². The Balaban J connectivity index is 1.91. The summed E-state index contributed by atoms with van der Waals surface area (Å²) >= 11 is 0. The highest BCUT2D eigenvalue weighted by Crippen LogP contribution is 2.45. The minimum absolute atomic E-state index is 0.104. The fraction of sp³-hybridized carbons (Fsp3) is 0.900. The van der Waals surface area contributed by atoms with Crippen molar-refractivity contribution in [2.45, 2.75) is 45.1 Å². The van der Waals surface area contributed by atoms with Crippen molar-refractivity contribution in [3.05, 3.63) is 0 Å². The summed E-state index contributed by atoms with van der Waals surface area (Å²) < 4.78 is 5.29. The van der Waals surface area contributed by atoms with Crippen LogP contribution in [0.4, 0.5) is 0 Å². The lowest BCUT2D eigenvalue weighted by Gasteiger charge is -2.45. The number of carbonyl (C=O) groups is 1. The molecule has 0 saturated heterocycles. The van der Waals surface area contributed by atoms with Crippen LogP contribution in [0.15, 0.2) is 0 Å². The molecule has 0 spiro atoms. The first-order chi connectivity index (χ1) is 5.77. The van der Waals surface area contributed by atoms with Crippen molar-refractivity contribution in [2.75, 3.05) is 0 Å². The topological polar surface area (TPSA) is 26.3 Å². The predicted octanol–water partition coefficient (Wildman–Crippen LogP) is 2.13. The monoisotopic (exact) mass is 168 g/mol. The summed E-state index contributed by atoms with van der Waals surface area (Å²) in [5.74, 6) is 1.48. The van der Waals surface area contributed by atoms with Crippen LogP contribution in [-0.2, 0) is 9.53 Å². The van der Waals surface area contributed by atoms with Crippen LogP contribution in [0.1, 0.15) is 39.0 Å². The van der Waals surface area contributed by atoms with Crippen LogP contribution in [0.5, 0.6) is 0 Å². The molecule has 0 amide bonds. The van der Waals surface area contributed by atoms with Crippen LogP contribution in [-0.4, -0.2) is 12.1 Å². The maximum atomic E-state index is 10.8. The molecule has 0 N–H and O–H groups in total. The van der Waals surface area contributed by atoms with Crippen molar-refractivity contribution in [3.8, 4) is 0 Å². The van der Waals surface area contributed by atoms with Crippen molar-refractivity contribution < 1.29 is 9.53 Å². The average molecular weight is 168 g/mol. The molecule has 0 aliphatic heterocycles. The number of rotatable bonds is 1. The molecule has 0 radical (unpaired) electrons. The largest absolute Gasteiger partial charge is 0.462 e. The zero-order chi connectivity index (χ0) is 8.55. The highest BCUT2D eigenvalue weighted by molar-refractivity contribution is 5.66. The van der Waals surface area contributed by atoms with Crippen molar-refractivity contribution >= 4 is 5.97 Å². The second-order valence-electron chi connectivity index (χ2n) is 4.08. The normalized spacial score (nSPS) is 39.6. The number of fused-ring (bicyclic) bond motifs is 1. The van der Waals surface area contributed by atoms with Gasteiger partial charge in [0, 0.05) is 6.92 Å². The zero-order valence-corrected chi connectivity index (χ0v) is 7.58.